The van der Waals surface area contributed by atoms with Crippen LogP contribution in [0.25, 0.3) is 0 Å². The van der Waals surface area contributed by atoms with Gasteiger partial charge in [-0.15, -0.1) is 0 Å². The highest BCUT2D eigenvalue weighted by Gasteiger charge is 2.32. The standard InChI is InChI=1S/C21H23ClN2O2/c1-3-19-18-7-5-4-6-15(18)12-13-24(19)21(26)14(2)23-20(25)16-8-10-17(22)11-9-16/h4-11,14,19H,3,12-13H2,1-2H3,(H,23,25). The highest BCUT2D eigenvalue weighted by atomic mass is 35.5. The quantitative estimate of drug-likeness (QED) is 0.884. The molecule has 1 aliphatic heterocycles. The van der Waals surface area contributed by atoms with Crippen LogP contribution in [0.5, 0.6) is 0 Å². The third kappa shape index (κ3) is 3.75. The highest BCUT2D eigenvalue weighted by Crippen LogP contribution is 2.32. The van der Waals surface area contributed by atoms with Gasteiger partial charge in [0.25, 0.3) is 5.91 Å². The maximum absolute atomic E-state index is 13.0. The predicted molar refractivity (Wildman–Crippen MR) is 103 cm³/mol. The van der Waals surface area contributed by atoms with Crippen molar-refractivity contribution in [2.24, 2.45) is 0 Å². The zero-order valence-corrected chi connectivity index (χ0v) is 15.8. The molecule has 0 aliphatic carbocycles. The van der Waals surface area contributed by atoms with Gasteiger partial charge in [-0.25, -0.2) is 0 Å². The first-order chi connectivity index (χ1) is 12.5. The number of halogens is 1. The number of nitrogens with one attached hydrogen (secondary N) is 1. The molecule has 3 rings (SSSR count). The molecule has 2 amide bonds. The SMILES string of the molecule is CCC1c2ccccc2CCN1C(=O)C(C)NC(=O)c1ccc(Cl)cc1. The second-order valence-corrected chi connectivity index (χ2v) is 7.04. The molecule has 0 fully saturated rings. The van der Waals surface area contributed by atoms with Gasteiger partial charge in [0.1, 0.15) is 6.04 Å². The molecule has 0 saturated heterocycles. The molecule has 4 nitrogen and oxygen atoms in total. The third-order valence-electron chi connectivity index (χ3n) is 4.91. The number of amides is 2. The van der Waals surface area contributed by atoms with Crippen LogP contribution in [-0.4, -0.2) is 29.3 Å². The molecule has 1 aliphatic rings. The molecule has 5 heteroatoms. The van der Waals surface area contributed by atoms with Crippen molar-refractivity contribution in [2.75, 3.05) is 6.54 Å². The van der Waals surface area contributed by atoms with E-state index >= 15 is 0 Å². The van der Waals surface area contributed by atoms with Gasteiger partial charge in [-0.3, -0.25) is 9.59 Å². The van der Waals surface area contributed by atoms with Crippen molar-refractivity contribution in [1.29, 1.82) is 0 Å². The average Bonchev–Trinajstić information content (AvgIpc) is 2.66. The van der Waals surface area contributed by atoms with Crippen molar-refractivity contribution >= 4 is 23.4 Å². The van der Waals surface area contributed by atoms with E-state index in [-0.39, 0.29) is 17.9 Å². The Morgan fingerprint density at radius 3 is 2.58 bits per heavy atom. The highest BCUT2D eigenvalue weighted by molar-refractivity contribution is 6.30. The van der Waals surface area contributed by atoms with E-state index in [4.69, 9.17) is 11.6 Å². The molecule has 0 saturated carbocycles. The summed E-state index contributed by atoms with van der Waals surface area (Å²) in [6, 6.07) is 14.4. The minimum absolute atomic E-state index is 0.0475. The Hall–Kier alpha value is -2.33. The van der Waals surface area contributed by atoms with E-state index in [0.717, 1.165) is 12.8 Å². The van der Waals surface area contributed by atoms with Gasteiger partial charge in [0, 0.05) is 17.1 Å². The normalized spacial score (nSPS) is 17.3. The monoisotopic (exact) mass is 370 g/mol. The lowest BCUT2D eigenvalue weighted by molar-refractivity contribution is -0.135. The number of fused-ring (bicyclic) bond motifs is 1. The number of benzene rings is 2. The van der Waals surface area contributed by atoms with Crippen molar-refractivity contribution in [2.45, 2.75) is 38.8 Å². The number of carbonyl (C=O) groups excluding carboxylic acids is 2. The summed E-state index contributed by atoms with van der Waals surface area (Å²) in [6.07, 6.45) is 1.69. The minimum Gasteiger partial charge on any atom is -0.341 e. The van der Waals surface area contributed by atoms with Gasteiger partial charge in [-0.1, -0.05) is 42.8 Å². The van der Waals surface area contributed by atoms with E-state index in [1.165, 1.54) is 11.1 Å². The lowest BCUT2D eigenvalue weighted by atomic mass is 9.90. The van der Waals surface area contributed by atoms with Gasteiger partial charge >= 0.3 is 0 Å². The molecular formula is C21H23ClN2O2. The van der Waals surface area contributed by atoms with Gasteiger partial charge in [0.15, 0.2) is 0 Å². The van der Waals surface area contributed by atoms with E-state index < -0.39 is 6.04 Å². The molecule has 1 heterocycles. The van der Waals surface area contributed by atoms with Crippen LogP contribution in [0.3, 0.4) is 0 Å². The summed E-state index contributed by atoms with van der Waals surface area (Å²) < 4.78 is 0. The van der Waals surface area contributed by atoms with Crippen molar-refractivity contribution in [1.82, 2.24) is 10.2 Å². The molecular weight excluding hydrogens is 348 g/mol. The Bertz CT molecular complexity index is 804. The maximum Gasteiger partial charge on any atom is 0.251 e. The van der Waals surface area contributed by atoms with Gasteiger partial charge in [-0.05, 0) is 55.2 Å². The predicted octanol–water partition coefficient (Wildman–Crippen LogP) is 3.99. The van der Waals surface area contributed by atoms with Crippen molar-refractivity contribution in [3.63, 3.8) is 0 Å². The summed E-state index contributed by atoms with van der Waals surface area (Å²) in [6.45, 7) is 4.50. The van der Waals surface area contributed by atoms with Crippen LogP contribution in [0.2, 0.25) is 5.02 Å². The lowest BCUT2D eigenvalue weighted by Gasteiger charge is -2.38. The van der Waals surface area contributed by atoms with Crippen molar-refractivity contribution < 1.29 is 9.59 Å². The zero-order valence-electron chi connectivity index (χ0n) is 15.0. The molecule has 0 radical (unpaired) electrons. The van der Waals surface area contributed by atoms with Crippen LogP contribution >= 0.6 is 11.6 Å². The Morgan fingerprint density at radius 1 is 1.19 bits per heavy atom. The first-order valence-corrected chi connectivity index (χ1v) is 9.33. The van der Waals surface area contributed by atoms with Crippen LogP contribution < -0.4 is 5.32 Å². The molecule has 2 unspecified atom stereocenters. The van der Waals surface area contributed by atoms with Crippen LogP contribution in [0.4, 0.5) is 0 Å². The fraction of sp³-hybridized carbons (Fsp3) is 0.333. The summed E-state index contributed by atoms with van der Waals surface area (Å²) in [5, 5.41) is 3.38. The number of rotatable bonds is 4. The van der Waals surface area contributed by atoms with Gasteiger partial charge in [-0.2, -0.15) is 0 Å². The molecule has 2 aromatic rings. The van der Waals surface area contributed by atoms with E-state index in [2.05, 4.69) is 24.4 Å². The summed E-state index contributed by atoms with van der Waals surface area (Å²) in [7, 11) is 0. The molecule has 136 valence electrons. The van der Waals surface area contributed by atoms with Crippen LogP contribution in [0.1, 0.15) is 47.8 Å². The van der Waals surface area contributed by atoms with Gasteiger partial charge < -0.3 is 10.2 Å². The topological polar surface area (TPSA) is 49.4 Å². The smallest absolute Gasteiger partial charge is 0.251 e. The zero-order chi connectivity index (χ0) is 18.7. The molecule has 0 spiro atoms. The fourth-order valence-electron chi connectivity index (χ4n) is 3.55. The lowest BCUT2D eigenvalue weighted by Crippen LogP contribution is -2.50. The number of hydrogen-bond donors (Lipinski definition) is 1. The van der Waals surface area contributed by atoms with E-state index in [9.17, 15) is 9.59 Å². The van der Waals surface area contributed by atoms with E-state index in [1.54, 1.807) is 31.2 Å². The Labute approximate surface area is 159 Å². The molecule has 26 heavy (non-hydrogen) atoms. The average molecular weight is 371 g/mol. The Morgan fingerprint density at radius 2 is 1.88 bits per heavy atom. The Kier molecular flexibility index (Phi) is 5.62. The number of nitrogens with zero attached hydrogens (tertiary/aromatic N) is 1. The first kappa shape index (κ1) is 18.5. The van der Waals surface area contributed by atoms with Crippen molar-refractivity contribution in [3.05, 3.63) is 70.2 Å². The molecule has 0 bridgehead atoms. The molecule has 2 aromatic carbocycles. The van der Waals surface area contributed by atoms with Crippen molar-refractivity contribution in [3.8, 4) is 0 Å². The summed E-state index contributed by atoms with van der Waals surface area (Å²) in [5.74, 6) is -0.318. The fourth-order valence-corrected chi connectivity index (χ4v) is 3.67. The van der Waals surface area contributed by atoms with E-state index in [1.807, 2.05) is 17.0 Å². The third-order valence-corrected chi connectivity index (χ3v) is 5.16. The number of carbonyl (C=O) groups is 2. The van der Waals surface area contributed by atoms with Crippen LogP contribution in [-0.2, 0) is 11.2 Å². The van der Waals surface area contributed by atoms with Crippen LogP contribution in [0, 0.1) is 0 Å². The summed E-state index contributed by atoms with van der Waals surface area (Å²) in [5.41, 5.74) is 3.01. The largest absolute Gasteiger partial charge is 0.341 e. The van der Waals surface area contributed by atoms with Gasteiger partial charge in [0.2, 0.25) is 5.91 Å². The first-order valence-electron chi connectivity index (χ1n) is 8.96. The van der Waals surface area contributed by atoms with Gasteiger partial charge in [0.05, 0.1) is 6.04 Å². The molecule has 0 aromatic heterocycles. The van der Waals surface area contributed by atoms with Crippen LogP contribution in [0.15, 0.2) is 48.5 Å². The molecule has 1 N–H and O–H groups in total. The second kappa shape index (κ2) is 7.92. The molecule has 2 atom stereocenters. The maximum atomic E-state index is 13.0. The second-order valence-electron chi connectivity index (χ2n) is 6.61. The summed E-state index contributed by atoms with van der Waals surface area (Å²) >= 11 is 5.85. The minimum atomic E-state index is -0.586. The number of hydrogen-bond acceptors (Lipinski definition) is 2. The van der Waals surface area contributed by atoms with E-state index in [0.29, 0.717) is 17.1 Å². The Balaban J connectivity index is 1.72. The summed E-state index contributed by atoms with van der Waals surface area (Å²) in [4.78, 5) is 27.3.